The van der Waals surface area contributed by atoms with E-state index in [4.69, 9.17) is 23.9 Å². The fraction of sp³-hybridized carbons (Fsp3) is 0.286. The number of ether oxygens (including phenoxy) is 2. The zero-order chi connectivity index (χ0) is 35.6. The summed E-state index contributed by atoms with van der Waals surface area (Å²) >= 11 is 0. The molecule has 1 N–H and O–H groups in total. The van der Waals surface area contributed by atoms with Gasteiger partial charge in [-0.25, -0.2) is 8.42 Å². The van der Waals surface area contributed by atoms with Gasteiger partial charge in [0.2, 0.25) is 5.91 Å². The van der Waals surface area contributed by atoms with Crippen molar-refractivity contribution in [1.82, 2.24) is 4.90 Å². The van der Waals surface area contributed by atoms with Gasteiger partial charge in [-0.2, -0.15) is 0 Å². The van der Waals surface area contributed by atoms with E-state index in [1.54, 1.807) is 0 Å². The maximum absolute atomic E-state index is 13.8. The average molecular weight is 462 g/mol. The molecule has 3 amide bonds. The summed E-state index contributed by atoms with van der Waals surface area (Å²) in [5.41, 5.74) is -7.75. The lowest BCUT2D eigenvalue weighted by atomic mass is 10.1. The summed E-state index contributed by atoms with van der Waals surface area (Å²) in [4.78, 5) is 39.4. The minimum absolute atomic E-state index is 0.315. The highest BCUT2D eigenvalue weighted by Gasteiger charge is 2.43. The minimum atomic E-state index is -6.21. The van der Waals surface area contributed by atoms with Crippen LogP contribution in [0.1, 0.15) is 59.7 Å². The number of benzene rings is 2. The Morgan fingerprint density at radius 3 is 2.68 bits per heavy atom. The zero-order valence-corrected chi connectivity index (χ0v) is 16.0. The van der Waals surface area contributed by atoms with Gasteiger partial charge in [-0.1, -0.05) is 12.1 Å². The maximum atomic E-state index is 13.8. The molecule has 31 heavy (non-hydrogen) atoms. The summed E-state index contributed by atoms with van der Waals surface area (Å²) < 4.78 is 150. The highest BCUT2D eigenvalue weighted by molar-refractivity contribution is 7.90. The number of sulfone groups is 1. The quantitative estimate of drug-likeness (QED) is 0.627. The van der Waals surface area contributed by atoms with Crippen LogP contribution in [0.25, 0.3) is 0 Å². The van der Waals surface area contributed by atoms with E-state index in [2.05, 4.69) is 4.74 Å². The number of nitrogens with one attached hydrogen (secondary N) is 1. The number of fused-ring (bicyclic) bond motifs is 1. The fourth-order valence-corrected chi connectivity index (χ4v) is 3.36. The highest BCUT2D eigenvalue weighted by Crippen LogP contribution is 2.38. The Balaban J connectivity index is 2.41. The molecule has 1 atom stereocenters. The van der Waals surface area contributed by atoms with Gasteiger partial charge in [-0.15, -0.1) is 0 Å². The number of amides is 3. The van der Waals surface area contributed by atoms with Crippen molar-refractivity contribution < 1.29 is 52.8 Å². The molecule has 164 valence electrons. The van der Waals surface area contributed by atoms with Crippen LogP contribution in [0.2, 0.25) is 0 Å². The van der Waals surface area contributed by atoms with E-state index >= 15 is 0 Å². The lowest BCUT2D eigenvalue weighted by Crippen LogP contribution is -2.37. The molecule has 0 saturated carbocycles. The summed E-state index contributed by atoms with van der Waals surface area (Å²) in [6.45, 7) is -3.27. The average Bonchev–Trinajstić information content (AvgIpc) is 3.12. The number of carbonyl (C=O) groups is 3. The predicted octanol–water partition coefficient (Wildman–Crippen LogP) is 2.04. The monoisotopic (exact) mass is 461 g/mol. The number of hydrogen-bond acceptors (Lipinski definition) is 7. The second-order valence-electron chi connectivity index (χ2n) is 5.95. The van der Waals surface area contributed by atoms with Crippen LogP contribution in [0.3, 0.4) is 0 Å². The van der Waals surface area contributed by atoms with E-state index in [9.17, 15) is 24.2 Å². The molecule has 0 fully saturated rings. The molecular weight excluding hydrogens is 424 g/mol. The number of anilines is 1. The van der Waals surface area contributed by atoms with Crippen molar-refractivity contribution in [3.63, 3.8) is 0 Å². The molecule has 2 aromatic rings. The summed E-state index contributed by atoms with van der Waals surface area (Å²) in [6.07, 6.45) is -4.22. The summed E-state index contributed by atoms with van der Waals surface area (Å²) in [5, 5.41) is 1.89. The number of methoxy groups -OCH3 is 2. The maximum Gasteiger partial charge on any atom is 0.264 e. The summed E-state index contributed by atoms with van der Waals surface area (Å²) in [6, 6.07) is 0.465. The van der Waals surface area contributed by atoms with Crippen LogP contribution in [-0.2, 0) is 14.6 Å². The first kappa shape index (κ1) is 9.82. The molecule has 0 bridgehead atoms. The minimum Gasteiger partial charge on any atom is -0.493 e. The predicted molar refractivity (Wildman–Crippen MR) is 113 cm³/mol. The van der Waals surface area contributed by atoms with Crippen LogP contribution in [0.5, 0.6) is 11.5 Å². The molecule has 1 aliphatic rings. The molecule has 0 aromatic heterocycles. The van der Waals surface area contributed by atoms with Gasteiger partial charge in [-0.05, 0) is 29.8 Å². The van der Waals surface area contributed by atoms with Crippen LogP contribution in [0.15, 0.2) is 36.4 Å². The number of nitrogens with zero attached hydrogens (tertiary/aromatic N) is 1. The van der Waals surface area contributed by atoms with Crippen molar-refractivity contribution in [3.05, 3.63) is 53.1 Å². The van der Waals surface area contributed by atoms with Crippen LogP contribution in [0.4, 0.5) is 5.69 Å². The standard InChI is InChI=1S/C21H22N2O7S/c1-12(24)22-15-7-5-6-14-19(15)21(26)23(20(14)25)16(11-31(4,27)28)13-8-9-17(29-2)18(10-13)30-3/h5-10,16H,11H2,1-4H3,(H,22,24)/i1D3,2D3,3D3,4D3,11D2,16D. The van der Waals surface area contributed by atoms with E-state index in [1.807, 2.05) is 5.32 Å². The number of rotatable bonds is 7. The molecule has 1 aliphatic heterocycles. The molecule has 9 nitrogen and oxygen atoms in total. The van der Waals surface area contributed by atoms with Crippen molar-refractivity contribution in [3.8, 4) is 11.5 Å². The number of hydrogen-bond donors (Lipinski definition) is 1. The van der Waals surface area contributed by atoms with Crippen LogP contribution in [0, 0.1) is 0 Å². The first-order valence-electron chi connectivity index (χ1n) is 15.6. The molecule has 10 heteroatoms. The van der Waals surface area contributed by atoms with E-state index in [0.717, 1.165) is 18.2 Å². The fourth-order valence-electron chi connectivity index (χ4n) is 2.90. The van der Waals surface area contributed by atoms with Gasteiger partial charge >= 0.3 is 0 Å². The van der Waals surface area contributed by atoms with Gasteiger partial charge in [0, 0.05) is 24.0 Å². The third-order valence-corrected chi connectivity index (χ3v) is 4.52. The molecule has 1 heterocycles. The van der Waals surface area contributed by atoms with Gasteiger partial charge in [0.15, 0.2) is 11.5 Å². The SMILES string of the molecule is [2H]C([2H])([2H])Oc1ccc(C([2H])(N2C(=O)c3cccc(NC(=O)C([2H])([2H])[2H])c3C2=O)C([2H])([2H])S(=O)(=O)C([2H])([2H])[2H])cc1OC([2H])([2H])[2H]. The Labute approximate surface area is 200 Å². The van der Waals surface area contributed by atoms with Gasteiger partial charge in [0.1, 0.15) is 9.84 Å². The summed E-state index contributed by atoms with van der Waals surface area (Å²) in [5.74, 6) is -6.89. The number of carbonyl (C=O) groups excluding carboxylic acids is 3. The van der Waals surface area contributed by atoms with Crippen LogP contribution in [-0.4, -0.2) is 57.0 Å². The Morgan fingerprint density at radius 2 is 1.97 bits per heavy atom. The van der Waals surface area contributed by atoms with Crippen molar-refractivity contribution in [2.24, 2.45) is 0 Å². The Bertz CT molecular complexity index is 1700. The zero-order valence-electron chi connectivity index (χ0n) is 30.2. The second-order valence-corrected chi connectivity index (χ2v) is 7.16. The molecule has 0 spiro atoms. The third-order valence-electron chi connectivity index (χ3n) is 4.05. The Kier molecular flexibility index (Phi) is 2.66. The molecule has 3 rings (SSSR count). The molecule has 0 aliphatic carbocycles. The van der Waals surface area contributed by atoms with Crippen molar-refractivity contribution in [1.29, 1.82) is 0 Å². The Hall–Kier alpha value is -3.40. The first-order valence-corrected chi connectivity index (χ1v) is 9.56. The van der Waals surface area contributed by atoms with Gasteiger partial charge in [0.25, 0.3) is 11.8 Å². The van der Waals surface area contributed by atoms with Crippen molar-refractivity contribution >= 4 is 33.2 Å². The first-order chi connectivity index (χ1) is 20.5. The smallest absolute Gasteiger partial charge is 0.264 e. The van der Waals surface area contributed by atoms with Crippen molar-refractivity contribution in [2.45, 2.75) is 12.9 Å². The topological polar surface area (TPSA) is 119 Å². The lowest BCUT2D eigenvalue weighted by molar-refractivity contribution is -0.114. The van der Waals surface area contributed by atoms with Gasteiger partial charge in [0.05, 0.1) is 52.2 Å². The summed E-state index contributed by atoms with van der Waals surface area (Å²) in [7, 11) is -12.8. The molecule has 1 unspecified atom stereocenters. The van der Waals surface area contributed by atoms with E-state index < -0.39 is 100 Å². The highest BCUT2D eigenvalue weighted by atomic mass is 32.2. The second kappa shape index (κ2) is 8.38. The molecule has 0 radical (unpaired) electrons. The van der Waals surface area contributed by atoms with Gasteiger partial charge < -0.3 is 14.8 Å². The molecule has 0 saturated heterocycles. The normalized spacial score (nSPS) is 24.5. The van der Waals surface area contributed by atoms with E-state index in [-0.39, 0.29) is 4.90 Å². The Morgan fingerprint density at radius 1 is 1.19 bits per heavy atom. The largest absolute Gasteiger partial charge is 0.493 e. The van der Waals surface area contributed by atoms with Crippen LogP contribution < -0.4 is 14.8 Å². The van der Waals surface area contributed by atoms with E-state index in [1.165, 1.54) is 0 Å². The van der Waals surface area contributed by atoms with E-state index in [0.29, 0.717) is 18.2 Å². The lowest BCUT2D eigenvalue weighted by Gasteiger charge is -2.26. The molecular formula is C21H22N2O7S. The molecule has 2 aromatic carbocycles. The number of imide groups is 1. The third kappa shape index (κ3) is 4.38. The van der Waals surface area contributed by atoms with Crippen LogP contribution >= 0.6 is 0 Å². The van der Waals surface area contributed by atoms with Crippen molar-refractivity contribution in [2.75, 3.05) is 31.3 Å². The van der Waals surface area contributed by atoms with Gasteiger partial charge in [-0.3, -0.25) is 19.3 Å².